The number of fused-ring (bicyclic) bond motifs is 3. The van der Waals surface area contributed by atoms with Crippen molar-refractivity contribution in [2.45, 2.75) is 6.42 Å². The van der Waals surface area contributed by atoms with E-state index in [-0.39, 0.29) is 6.79 Å². The van der Waals surface area contributed by atoms with Crippen LogP contribution >= 0.6 is 0 Å². The molecule has 6 nitrogen and oxygen atoms in total. The zero-order valence-corrected chi connectivity index (χ0v) is 10.7. The molecule has 3 heterocycles. The molecule has 1 aliphatic rings. The second kappa shape index (κ2) is 4.28. The number of rotatable bonds is 2. The third-order valence-corrected chi connectivity index (χ3v) is 3.27. The number of nitrogens with zero attached hydrogens (tertiary/aromatic N) is 3. The van der Waals surface area contributed by atoms with E-state index in [4.69, 9.17) is 15.2 Å². The Bertz CT molecular complexity index is 819. The highest BCUT2D eigenvalue weighted by Gasteiger charge is 2.15. The summed E-state index contributed by atoms with van der Waals surface area (Å²) in [5.74, 6) is 2.19. The topological polar surface area (TPSA) is 83.2 Å². The molecule has 0 bridgehead atoms. The van der Waals surface area contributed by atoms with Gasteiger partial charge < -0.3 is 15.2 Å². The first-order chi connectivity index (χ1) is 9.83. The second-order valence-electron chi connectivity index (χ2n) is 4.62. The Hall–Kier alpha value is -2.47. The van der Waals surface area contributed by atoms with Gasteiger partial charge in [-0.3, -0.25) is 0 Å². The number of pyridine rings is 1. The minimum Gasteiger partial charge on any atom is -0.454 e. The van der Waals surface area contributed by atoms with Gasteiger partial charge in [-0.05, 0) is 18.7 Å². The fraction of sp³-hybridized carbons (Fsp3) is 0.214. The summed E-state index contributed by atoms with van der Waals surface area (Å²) in [7, 11) is 0. The van der Waals surface area contributed by atoms with Gasteiger partial charge in [0.15, 0.2) is 17.1 Å². The van der Waals surface area contributed by atoms with Gasteiger partial charge in [0.05, 0.1) is 5.52 Å². The molecular weight excluding hydrogens is 256 g/mol. The van der Waals surface area contributed by atoms with Crippen molar-refractivity contribution < 1.29 is 9.47 Å². The second-order valence-corrected chi connectivity index (χ2v) is 4.62. The molecule has 0 spiro atoms. The Morgan fingerprint density at radius 2 is 1.90 bits per heavy atom. The molecular formula is C14H12N4O2. The molecule has 3 aromatic rings. The van der Waals surface area contributed by atoms with Crippen LogP contribution < -0.4 is 15.2 Å². The fourth-order valence-electron chi connectivity index (χ4n) is 2.30. The Morgan fingerprint density at radius 3 is 2.75 bits per heavy atom. The van der Waals surface area contributed by atoms with Gasteiger partial charge in [0, 0.05) is 29.5 Å². The minimum atomic E-state index is 0.256. The summed E-state index contributed by atoms with van der Waals surface area (Å²) in [6.45, 7) is 0.781. The van der Waals surface area contributed by atoms with E-state index < -0.39 is 0 Å². The molecule has 1 aromatic carbocycles. The lowest BCUT2D eigenvalue weighted by Gasteiger charge is -2.04. The molecule has 0 saturated carbocycles. The molecule has 0 fully saturated rings. The third kappa shape index (κ3) is 1.73. The molecule has 1 aliphatic heterocycles. The zero-order valence-electron chi connectivity index (χ0n) is 10.7. The number of benzene rings is 1. The molecule has 0 radical (unpaired) electrons. The van der Waals surface area contributed by atoms with Crippen LogP contribution in [-0.4, -0.2) is 28.3 Å². The maximum atomic E-state index is 5.53. The standard InChI is InChI=1S/C14H12N4O2/c15-2-1-13-16-6-9-3-8-4-11-12(20-7-19-11)5-10(8)17-14(9)18-13/h3-6H,1-2,7,15H2. The first-order valence-electron chi connectivity index (χ1n) is 6.39. The summed E-state index contributed by atoms with van der Waals surface area (Å²) in [5.41, 5.74) is 7.03. The molecule has 0 saturated heterocycles. The molecule has 2 aromatic heterocycles. The highest BCUT2D eigenvalue weighted by Crippen LogP contribution is 2.36. The Balaban J connectivity index is 1.94. The van der Waals surface area contributed by atoms with E-state index >= 15 is 0 Å². The van der Waals surface area contributed by atoms with Crippen molar-refractivity contribution in [1.82, 2.24) is 15.0 Å². The van der Waals surface area contributed by atoms with Crippen molar-refractivity contribution in [2.75, 3.05) is 13.3 Å². The molecule has 100 valence electrons. The monoisotopic (exact) mass is 268 g/mol. The lowest BCUT2D eigenvalue weighted by atomic mass is 10.1. The highest BCUT2D eigenvalue weighted by molar-refractivity contribution is 5.92. The summed E-state index contributed by atoms with van der Waals surface area (Å²) >= 11 is 0. The van der Waals surface area contributed by atoms with E-state index in [1.807, 2.05) is 18.2 Å². The van der Waals surface area contributed by atoms with Crippen LogP contribution in [0.15, 0.2) is 24.4 Å². The molecule has 4 rings (SSSR count). The number of aromatic nitrogens is 3. The van der Waals surface area contributed by atoms with Crippen molar-refractivity contribution in [1.29, 1.82) is 0 Å². The summed E-state index contributed by atoms with van der Waals surface area (Å²) < 4.78 is 10.7. The maximum absolute atomic E-state index is 5.53. The fourth-order valence-corrected chi connectivity index (χ4v) is 2.30. The Kier molecular flexibility index (Phi) is 2.43. The smallest absolute Gasteiger partial charge is 0.231 e. The largest absolute Gasteiger partial charge is 0.454 e. The van der Waals surface area contributed by atoms with Gasteiger partial charge in [-0.15, -0.1) is 0 Å². The summed E-state index contributed by atoms with van der Waals surface area (Å²) in [6.07, 6.45) is 2.43. The van der Waals surface area contributed by atoms with Gasteiger partial charge >= 0.3 is 0 Å². The lowest BCUT2D eigenvalue weighted by Crippen LogP contribution is -2.06. The van der Waals surface area contributed by atoms with Gasteiger partial charge in [0.1, 0.15) is 5.82 Å². The molecule has 20 heavy (non-hydrogen) atoms. The Labute approximate surface area is 114 Å². The molecule has 0 aliphatic carbocycles. The molecule has 2 N–H and O–H groups in total. The quantitative estimate of drug-likeness (QED) is 0.707. The number of nitrogens with two attached hydrogens (primary N) is 1. The van der Waals surface area contributed by atoms with Crippen molar-refractivity contribution in [2.24, 2.45) is 5.73 Å². The molecule has 0 amide bonds. The SMILES string of the molecule is NCCc1ncc2cc3cc4c(cc3nc2n1)OCO4. The van der Waals surface area contributed by atoms with Crippen LogP contribution in [0, 0.1) is 0 Å². The maximum Gasteiger partial charge on any atom is 0.231 e. The average Bonchev–Trinajstić information content (AvgIpc) is 2.90. The lowest BCUT2D eigenvalue weighted by molar-refractivity contribution is 0.174. The van der Waals surface area contributed by atoms with Gasteiger partial charge in [0.25, 0.3) is 0 Å². The Morgan fingerprint density at radius 1 is 1.05 bits per heavy atom. The third-order valence-electron chi connectivity index (χ3n) is 3.27. The van der Waals surface area contributed by atoms with E-state index in [1.165, 1.54) is 0 Å². The molecule has 6 heteroatoms. The number of hydrogen-bond donors (Lipinski definition) is 1. The van der Waals surface area contributed by atoms with Gasteiger partial charge in [0.2, 0.25) is 6.79 Å². The van der Waals surface area contributed by atoms with Crippen LogP contribution in [0.5, 0.6) is 11.5 Å². The van der Waals surface area contributed by atoms with E-state index in [0.29, 0.717) is 24.4 Å². The summed E-state index contributed by atoms with van der Waals surface area (Å²) in [6, 6.07) is 5.81. The van der Waals surface area contributed by atoms with E-state index in [9.17, 15) is 0 Å². The van der Waals surface area contributed by atoms with Crippen molar-refractivity contribution in [3.8, 4) is 11.5 Å². The normalized spacial score (nSPS) is 13.2. The number of hydrogen-bond acceptors (Lipinski definition) is 6. The minimum absolute atomic E-state index is 0.256. The zero-order chi connectivity index (χ0) is 13.5. The van der Waals surface area contributed by atoms with Crippen LogP contribution in [0.4, 0.5) is 0 Å². The van der Waals surface area contributed by atoms with Crippen molar-refractivity contribution >= 4 is 21.9 Å². The predicted octanol–water partition coefficient (Wildman–Crippen LogP) is 1.41. The molecule has 0 unspecified atom stereocenters. The first kappa shape index (κ1) is 11.4. The van der Waals surface area contributed by atoms with Crippen LogP contribution in [-0.2, 0) is 6.42 Å². The summed E-state index contributed by atoms with van der Waals surface area (Å²) in [4.78, 5) is 13.3. The highest BCUT2D eigenvalue weighted by atomic mass is 16.7. The van der Waals surface area contributed by atoms with Crippen LogP contribution in [0.2, 0.25) is 0 Å². The van der Waals surface area contributed by atoms with Gasteiger partial charge in [-0.1, -0.05) is 0 Å². The summed E-state index contributed by atoms with van der Waals surface area (Å²) in [5, 5.41) is 1.88. The van der Waals surface area contributed by atoms with Crippen molar-refractivity contribution in [3.05, 3.63) is 30.2 Å². The number of ether oxygens (including phenoxy) is 2. The van der Waals surface area contributed by atoms with E-state index in [1.54, 1.807) is 6.20 Å². The van der Waals surface area contributed by atoms with E-state index in [2.05, 4.69) is 15.0 Å². The molecule has 0 atom stereocenters. The van der Waals surface area contributed by atoms with Gasteiger partial charge in [-0.2, -0.15) is 0 Å². The average molecular weight is 268 g/mol. The first-order valence-corrected chi connectivity index (χ1v) is 6.39. The van der Waals surface area contributed by atoms with Crippen LogP contribution in [0.3, 0.4) is 0 Å². The van der Waals surface area contributed by atoms with Crippen LogP contribution in [0.1, 0.15) is 5.82 Å². The van der Waals surface area contributed by atoms with Crippen LogP contribution in [0.25, 0.3) is 21.9 Å². The van der Waals surface area contributed by atoms with Crippen molar-refractivity contribution in [3.63, 3.8) is 0 Å². The van der Waals surface area contributed by atoms with E-state index in [0.717, 1.165) is 27.8 Å². The van der Waals surface area contributed by atoms with Gasteiger partial charge in [-0.25, -0.2) is 15.0 Å². The predicted molar refractivity (Wildman–Crippen MR) is 73.7 cm³/mol.